The highest BCUT2D eigenvalue weighted by atomic mass is 79.9. The monoisotopic (exact) mass is 421 g/mol. The number of pyridine rings is 1. The minimum absolute atomic E-state index is 0.0800. The lowest BCUT2D eigenvalue weighted by Crippen LogP contribution is -2.31. The second-order valence-electron chi connectivity index (χ2n) is 6.04. The van der Waals surface area contributed by atoms with E-state index >= 15 is 0 Å². The van der Waals surface area contributed by atoms with Gasteiger partial charge in [0.15, 0.2) is 5.78 Å². The molecule has 1 aliphatic rings. The average molecular weight is 422 g/mol. The SMILES string of the molecule is CCC(=O)c1ccc(F)c(C2CC2NC(=O)Nc2ccc(Br)cn2)c1O. The number of anilines is 1. The lowest BCUT2D eigenvalue weighted by molar-refractivity contribution is 0.0985. The van der Waals surface area contributed by atoms with Gasteiger partial charge in [-0.15, -0.1) is 0 Å². The molecule has 2 amide bonds. The number of aromatic hydroxyl groups is 1. The van der Waals surface area contributed by atoms with Crippen LogP contribution in [0.2, 0.25) is 0 Å². The number of hydrogen-bond donors (Lipinski definition) is 3. The molecule has 1 aliphatic carbocycles. The predicted molar refractivity (Wildman–Crippen MR) is 97.9 cm³/mol. The first-order chi connectivity index (χ1) is 12.4. The maximum absolute atomic E-state index is 14.2. The van der Waals surface area contributed by atoms with Crippen LogP contribution in [0.4, 0.5) is 15.0 Å². The maximum atomic E-state index is 14.2. The number of carbonyl (C=O) groups is 2. The quantitative estimate of drug-likeness (QED) is 0.637. The van der Waals surface area contributed by atoms with Gasteiger partial charge in [0.25, 0.3) is 0 Å². The summed E-state index contributed by atoms with van der Waals surface area (Å²) in [6.45, 7) is 1.67. The first-order valence-corrected chi connectivity index (χ1v) is 8.93. The van der Waals surface area contributed by atoms with E-state index in [9.17, 15) is 19.1 Å². The van der Waals surface area contributed by atoms with Crippen LogP contribution in [0, 0.1) is 5.82 Å². The lowest BCUT2D eigenvalue weighted by atomic mass is 10.00. The number of ketones is 1. The van der Waals surface area contributed by atoms with Crippen LogP contribution in [-0.4, -0.2) is 27.9 Å². The van der Waals surface area contributed by atoms with Crippen molar-refractivity contribution in [3.8, 4) is 5.75 Å². The fourth-order valence-corrected chi connectivity index (χ4v) is 3.03. The van der Waals surface area contributed by atoms with Crippen molar-refractivity contribution in [1.29, 1.82) is 0 Å². The van der Waals surface area contributed by atoms with Crippen LogP contribution in [-0.2, 0) is 0 Å². The highest BCUT2D eigenvalue weighted by Crippen LogP contribution is 2.46. The van der Waals surface area contributed by atoms with Gasteiger partial charge in [-0.25, -0.2) is 14.2 Å². The number of aromatic nitrogens is 1. The second-order valence-corrected chi connectivity index (χ2v) is 6.96. The smallest absolute Gasteiger partial charge is 0.320 e. The number of halogens is 2. The third-order valence-electron chi connectivity index (χ3n) is 4.23. The van der Waals surface area contributed by atoms with Crippen LogP contribution in [0.1, 0.15) is 41.6 Å². The zero-order chi connectivity index (χ0) is 18.8. The van der Waals surface area contributed by atoms with Gasteiger partial charge < -0.3 is 10.4 Å². The molecule has 2 unspecified atom stereocenters. The van der Waals surface area contributed by atoms with Crippen molar-refractivity contribution in [2.45, 2.75) is 31.7 Å². The normalized spacial score (nSPS) is 18.3. The number of nitrogens with one attached hydrogen (secondary N) is 2. The fraction of sp³-hybridized carbons (Fsp3) is 0.278. The first-order valence-electron chi connectivity index (χ1n) is 8.14. The molecule has 0 bridgehead atoms. The minimum atomic E-state index is -0.584. The molecule has 0 aliphatic heterocycles. The number of carbonyl (C=O) groups excluding carboxylic acids is 2. The van der Waals surface area contributed by atoms with Crippen molar-refractivity contribution >= 4 is 33.6 Å². The molecule has 6 nitrogen and oxygen atoms in total. The molecule has 1 heterocycles. The fourth-order valence-electron chi connectivity index (χ4n) is 2.80. The van der Waals surface area contributed by atoms with Crippen molar-refractivity contribution in [1.82, 2.24) is 10.3 Å². The van der Waals surface area contributed by atoms with E-state index in [1.54, 1.807) is 25.3 Å². The van der Waals surface area contributed by atoms with E-state index < -0.39 is 11.8 Å². The number of rotatable bonds is 5. The van der Waals surface area contributed by atoms with Gasteiger partial charge in [0.2, 0.25) is 0 Å². The number of phenolic OH excluding ortho intramolecular Hbond substituents is 1. The van der Waals surface area contributed by atoms with Crippen molar-refractivity contribution in [2.75, 3.05) is 5.32 Å². The predicted octanol–water partition coefficient (Wildman–Crippen LogP) is 3.96. The highest BCUT2D eigenvalue weighted by Gasteiger charge is 2.43. The van der Waals surface area contributed by atoms with Crippen LogP contribution < -0.4 is 10.6 Å². The van der Waals surface area contributed by atoms with Crippen LogP contribution in [0.15, 0.2) is 34.9 Å². The van der Waals surface area contributed by atoms with E-state index in [4.69, 9.17) is 0 Å². The third-order valence-corrected chi connectivity index (χ3v) is 4.70. The van der Waals surface area contributed by atoms with E-state index in [-0.39, 0.29) is 41.0 Å². The van der Waals surface area contributed by atoms with E-state index in [1.807, 2.05) is 0 Å². The van der Waals surface area contributed by atoms with Crippen molar-refractivity contribution in [3.05, 3.63) is 51.9 Å². The van der Waals surface area contributed by atoms with E-state index in [2.05, 4.69) is 31.5 Å². The Hall–Kier alpha value is -2.48. The van der Waals surface area contributed by atoms with Gasteiger partial charge in [0.05, 0.1) is 5.56 Å². The molecule has 0 radical (unpaired) electrons. The minimum Gasteiger partial charge on any atom is -0.507 e. The van der Waals surface area contributed by atoms with Crippen molar-refractivity contribution in [3.63, 3.8) is 0 Å². The molecule has 26 heavy (non-hydrogen) atoms. The standard InChI is InChI=1S/C18H17BrFN3O3/c1-2-14(24)10-4-5-12(20)16(17(10)25)11-7-13(11)22-18(26)23-15-6-3-9(19)8-21-15/h3-6,8,11,13,25H,2,7H2,1H3,(H2,21,22,23,26). The zero-order valence-corrected chi connectivity index (χ0v) is 15.5. The Balaban J connectivity index is 1.67. The molecule has 1 aromatic carbocycles. The van der Waals surface area contributed by atoms with Crippen LogP contribution in [0.3, 0.4) is 0 Å². The van der Waals surface area contributed by atoms with E-state index in [0.717, 1.165) is 4.47 Å². The molecule has 3 rings (SSSR count). The summed E-state index contributed by atoms with van der Waals surface area (Å²) in [5.41, 5.74) is 0.189. The molecule has 8 heteroatoms. The number of benzene rings is 1. The number of urea groups is 1. The zero-order valence-electron chi connectivity index (χ0n) is 13.9. The Morgan fingerprint density at radius 2 is 2.12 bits per heavy atom. The Labute approximate surface area is 158 Å². The van der Waals surface area contributed by atoms with Gasteiger partial charge in [-0.2, -0.15) is 0 Å². The molecule has 2 atom stereocenters. The van der Waals surface area contributed by atoms with Gasteiger partial charge in [-0.1, -0.05) is 6.92 Å². The highest BCUT2D eigenvalue weighted by molar-refractivity contribution is 9.10. The molecule has 0 spiro atoms. The van der Waals surface area contributed by atoms with Gasteiger partial charge in [0.1, 0.15) is 17.4 Å². The summed E-state index contributed by atoms with van der Waals surface area (Å²) in [7, 11) is 0. The van der Waals surface area contributed by atoms with Gasteiger partial charge in [-0.3, -0.25) is 10.1 Å². The summed E-state index contributed by atoms with van der Waals surface area (Å²) in [6, 6.07) is 5.06. The summed E-state index contributed by atoms with van der Waals surface area (Å²) < 4.78 is 15.0. The van der Waals surface area contributed by atoms with Crippen LogP contribution >= 0.6 is 15.9 Å². The average Bonchev–Trinajstić information content (AvgIpc) is 3.35. The maximum Gasteiger partial charge on any atom is 0.320 e. The molecule has 1 saturated carbocycles. The van der Waals surface area contributed by atoms with E-state index in [0.29, 0.717) is 12.2 Å². The summed E-state index contributed by atoms with van der Waals surface area (Å²) in [5.74, 6) is -1.16. The molecule has 0 saturated heterocycles. The topological polar surface area (TPSA) is 91.3 Å². The molecule has 1 fully saturated rings. The van der Waals surface area contributed by atoms with Gasteiger partial charge in [-0.05, 0) is 46.6 Å². The van der Waals surface area contributed by atoms with Crippen LogP contribution in [0.25, 0.3) is 0 Å². The second kappa shape index (κ2) is 7.41. The summed E-state index contributed by atoms with van der Waals surface area (Å²) in [4.78, 5) is 27.9. The molecular weight excluding hydrogens is 405 g/mol. The van der Waals surface area contributed by atoms with Crippen molar-refractivity contribution < 1.29 is 19.1 Å². The molecule has 2 aromatic rings. The summed E-state index contributed by atoms with van der Waals surface area (Å²) in [6.07, 6.45) is 2.25. The largest absolute Gasteiger partial charge is 0.507 e. The molecule has 136 valence electrons. The Morgan fingerprint density at radius 1 is 1.35 bits per heavy atom. The first kappa shape index (κ1) is 18.3. The third kappa shape index (κ3) is 3.85. The lowest BCUT2D eigenvalue weighted by Gasteiger charge is -2.11. The number of Topliss-reactive ketones (excluding diaryl/α,β-unsaturated/α-hetero) is 1. The number of amides is 2. The molecule has 1 aromatic heterocycles. The Morgan fingerprint density at radius 3 is 2.77 bits per heavy atom. The van der Waals surface area contributed by atoms with Crippen LogP contribution in [0.5, 0.6) is 5.75 Å². The molecule has 3 N–H and O–H groups in total. The molecular formula is C18H17BrFN3O3. The Kier molecular flexibility index (Phi) is 5.22. The van der Waals surface area contributed by atoms with Gasteiger partial charge in [0, 0.05) is 34.6 Å². The number of phenols is 1. The van der Waals surface area contributed by atoms with E-state index in [1.165, 1.54) is 12.1 Å². The summed E-state index contributed by atoms with van der Waals surface area (Å²) in [5, 5.41) is 15.6. The Bertz CT molecular complexity index is 858. The number of nitrogens with zero attached hydrogens (tertiary/aromatic N) is 1. The number of hydrogen-bond acceptors (Lipinski definition) is 4. The van der Waals surface area contributed by atoms with Gasteiger partial charge >= 0.3 is 6.03 Å². The van der Waals surface area contributed by atoms with Crippen molar-refractivity contribution in [2.24, 2.45) is 0 Å². The summed E-state index contributed by atoms with van der Waals surface area (Å²) >= 11 is 3.26.